The fourth-order valence-corrected chi connectivity index (χ4v) is 4.05. The number of ether oxygens (including phenoxy) is 1. The topological polar surface area (TPSA) is 47.4 Å². The number of benzene rings is 2. The van der Waals surface area contributed by atoms with Crippen LogP contribution in [0.4, 0.5) is 22.0 Å². The van der Waals surface area contributed by atoms with Gasteiger partial charge in [0, 0.05) is 19.5 Å². The Morgan fingerprint density at radius 1 is 1.12 bits per heavy atom. The van der Waals surface area contributed by atoms with E-state index in [0.717, 1.165) is 10.6 Å². The van der Waals surface area contributed by atoms with Gasteiger partial charge in [-0.05, 0) is 49.7 Å². The first-order chi connectivity index (χ1) is 15.5. The van der Waals surface area contributed by atoms with Crippen molar-refractivity contribution in [1.29, 1.82) is 0 Å². The molecule has 10 heteroatoms. The molecule has 0 saturated carbocycles. The molecule has 1 aliphatic heterocycles. The van der Waals surface area contributed by atoms with Crippen LogP contribution in [-0.4, -0.2) is 46.6 Å². The van der Waals surface area contributed by atoms with E-state index >= 15 is 0 Å². The van der Waals surface area contributed by atoms with Crippen molar-refractivity contribution in [2.24, 2.45) is 0 Å². The summed E-state index contributed by atoms with van der Waals surface area (Å²) in [5.74, 6) is -1.87. The molecule has 176 valence electrons. The van der Waals surface area contributed by atoms with E-state index in [2.05, 4.69) is 4.98 Å². The molecule has 0 atom stereocenters. The van der Waals surface area contributed by atoms with E-state index in [4.69, 9.17) is 4.74 Å². The number of aryl methyl sites for hydroxylation is 1. The van der Waals surface area contributed by atoms with Crippen molar-refractivity contribution in [1.82, 2.24) is 14.5 Å². The smallest absolute Gasteiger partial charge is 0.417 e. The Bertz CT molecular complexity index is 1210. The van der Waals surface area contributed by atoms with Crippen molar-refractivity contribution in [2.45, 2.75) is 31.9 Å². The SMILES string of the molecule is Cc1nc2cccc(C(F)(F)F)c2c(=O)n1-c1ccc(OCCCN2CCC(F)(F)C2)cc1. The molecule has 0 amide bonds. The molecule has 1 fully saturated rings. The Morgan fingerprint density at radius 3 is 2.48 bits per heavy atom. The molecule has 0 spiro atoms. The largest absolute Gasteiger partial charge is 0.494 e. The summed E-state index contributed by atoms with van der Waals surface area (Å²) >= 11 is 0. The van der Waals surface area contributed by atoms with Crippen molar-refractivity contribution < 1.29 is 26.7 Å². The molecular formula is C23H22F5N3O2. The lowest BCUT2D eigenvalue weighted by atomic mass is 10.1. The molecule has 4 rings (SSSR count). The number of hydrogen-bond acceptors (Lipinski definition) is 4. The summed E-state index contributed by atoms with van der Waals surface area (Å²) in [6.07, 6.45) is -4.23. The quantitative estimate of drug-likeness (QED) is 0.385. The van der Waals surface area contributed by atoms with Gasteiger partial charge < -0.3 is 4.74 Å². The van der Waals surface area contributed by atoms with Gasteiger partial charge >= 0.3 is 6.18 Å². The highest BCUT2D eigenvalue weighted by molar-refractivity contribution is 5.82. The van der Waals surface area contributed by atoms with E-state index in [1.807, 2.05) is 0 Å². The summed E-state index contributed by atoms with van der Waals surface area (Å²) < 4.78 is 73.5. The van der Waals surface area contributed by atoms with Crippen LogP contribution in [0.15, 0.2) is 47.3 Å². The molecule has 33 heavy (non-hydrogen) atoms. The Balaban J connectivity index is 1.49. The molecule has 0 unspecified atom stereocenters. The van der Waals surface area contributed by atoms with Gasteiger partial charge in [0.05, 0.1) is 35.3 Å². The van der Waals surface area contributed by atoms with E-state index < -0.39 is 28.6 Å². The van der Waals surface area contributed by atoms with Crippen LogP contribution in [0, 0.1) is 6.92 Å². The maximum atomic E-state index is 13.4. The number of fused-ring (bicyclic) bond motifs is 1. The molecule has 1 aromatic heterocycles. The first-order valence-corrected chi connectivity index (χ1v) is 10.5. The molecular weight excluding hydrogens is 445 g/mol. The normalized spacial score (nSPS) is 16.4. The summed E-state index contributed by atoms with van der Waals surface area (Å²) in [5.41, 5.74) is -1.49. The Kier molecular flexibility index (Phi) is 6.13. The van der Waals surface area contributed by atoms with Gasteiger partial charge in [-0.2, -0.15) is 13.2 Å². The Hall–Kier alpha value is -3.01. The predicted octanol–water partition coefficient (Wildman–Crippen LogP) is 4.82. The van der Waals surface area contributed by atoms with Crippen LogP contribution < -0.4 is 10.3 Å². The molecule has 0 aliphatic carbocycles. The van der Waals surface area contributed by atoms with Gasteiger partial charge in [0.2, 0.25) is 0 Å². The molecule has 0 bridgehead atoms. The maximum Gasteiger partial charge on any atom is 0.417 e. The average molecular weight is 467 g/mol. The fraction of sp³-hybridized carbons (Fsp3) is 0.391. The third kappa shape index (κ3) is 5.00. The molecule has 3 aromatic rings. The Morgan fingerprint density at radius 2 is 1.85 bits per heavy atom. The summed E-state index contributed by atoms with van der Waals surface area (Å²) in [4.78, 5) is 18.9. The van der Waals surface area contributed by atoms with Crippen molar-refractivity contribution in [3.05, 3.63) is 64.2 Å². The van der Waals surface area contributed by atoms with Crippen LogP contribution in [0.2, 0.25) is 0 Å². The van der Waals surface area contributed by atoms with E-state index in [9.17, 15) is 26.7 Å². The molecule has 5 nitrogen and oxygen atoms in total. The minimum Gasteiger partial charge on any atom is -0.494 e. The number of nitrogens with zero attached hydrogens (tertiary/aromatic N) is 3. The van der Waals surface area contributed by atoms with Gasteiger partial charge in [-0.25, -0.2) is 13.8 Å². The molecule has 1 saturated heterocycles. The monoisotopic (exact) mass is 467 g/mol. The van der Waals surface area contributed by atoms with E-state index in [1.165, 1.54) is 12.1 Å². The van der Waals surface area contributed by atoms with Crippen LogP contribution in [0.3, 0.4) is 0 Å². The van der Waals surface area contributed by atoms with Gasteiger partial charge in [0.15, 0.2) is 0 Å². The zero-order valence-electron chi connectivity index (χ0n) is 17.8. The zero-order chi connectivity index (χ0) is 23.8. The lowest BCUT2D eigenvalue weighted by molar-refractivity contribution is -0.136. The van der Waals surface area contributed by atoms with Gasteiger partial charge in [-0.1, -0.05) is 6.07 Å². The second-order valence-electron chi connectivity index (χ2n) is 8.08. The van der Waals surface area contributed by atoms with Crippen molar-refractivity contribution in [3.8, 4) is 11.4 Å². The second-order valence-corrected chi connectivity index (χ2v) is 8.08. The number of hydrogen-bond donors (Lipinski definition) is 0. The highest BCUT2D eigenvalue weighted by Crippen LogP contribution is 2.33. The summed E-state index contributed by atoms with van der Waals surface area (Å²) in [6.45, 7) is 2.52. The average Bonchev–Trinajstić information content (AvgIpc) is 3.09. The predicted molar refractivity (Wildman–Crippen MR) is 113 cm³/mol. The first-order valence-electron chi connectivity index (χ1n) is 10.5. The number of alkyl halides is 5. The third-order valence-electron chi connectivity index (χ3n) is 5.60. The number of halogens is 5. The van der Waals surface area contributed by atoms with Gasteiger partial charge in [0.25, 0.3) is 11.5 Å². The lowest BCUT2D eigenvalue weighted by Gasteiger charge is -2.16. The minimum atomic E-state index is -4.68. The fourth-order valence-electron chi connectivity index (χ4n) is 4.05. The molecule has 2 heterocycles. The van der Waals surface area contributed by atoms with Gasteiger partial charge in [0.1, 0.15) is 11.6 Å². The Labute approximate surface area is 186 Å². The molecule has 0 radical (unpaired) electrons. The number of aromatic nitrogens is 2. The lowest BCUT2D eigenvalue weighted by Crippen LogP contribution is -2.27. The maximum absolute atomic E-state index is 13.4. The number of rotatable bonds is 6. The highest BCUT2D eigenvalue weighted by Gasteiger charge is 2.37. The van der Waals surface area contributed by atoms with Crippen molar-refractivity contribution >= 4 is 10.9 Å². The summed E-state index contributed by atoms with van der Waals surface area (Å²) in [6, 6.07) is 9.80. The second kappa shape index (κ2) is 8.74. The van der Waals surface area contributed by atoms with Crippen LogP contribution >= 0.6 is 0 Å². The van der Waals surface area contributed by atoms with E-state index in [0.29, 0.717) is 37.6 Å². The zero-order valence-corrected chi connectivity index (χ0v) is 17.8. The van der Waals surface area contributed by atoms with Gasteiger partial charge in [-0.15, -0.1) is 0 Å². The molecule has 0 N–H and O–H groups in total. The number of likely N-dealkylation sites (tertiary alicyclic amines) is 1. The first kappa shape index (κ1) is 23.2. The van der Waals surface area contributed by atoms with Crippen molar-refractivity contribution in [2.75, 3.05) is 26.2 Å². The van der Waals surface area contributed by atoms with Gasteiger partial charge in [-0.3, -0.25) is 14.3 Å². The van der Waals surface area contributed by atoms with Crippen molar-refractivity contribution in [3.63, 3.8) is 0 Å². The van der Waals surface area contributed by atoms with Crippen LogP contribution in [0.1, 0.15) is 24.2 Å². The van der Waals surface area contributed by atoms with Crippen LogP contribution in [0.5, 0.6) is 5.75 Å². The van der Waals surface area contributed by atoms with E-state index in [-0.39, 0.29) is 24.3 Å². The van der Waals surface area contributed by atoms with Crippen LogP contribution in [-0.2, 0) is 6.18 Å². The standard InChI is InChI=1S/C23H22F5N3O2/c1-15-29-19-5-2-4-18(23(26,27)28)20(19)21(32)31(15)16-6-8-17(9-7-16)33-13-3-11-30-12-10-22(24,25)14-30/h2,4-9H,3,10-14H2,1H3. The van der Waals surface area contributed by atoms with E-state index in [1.54, 1.807) is 36.1 Å². The third-order valence-corrected chi connectivity index (χ3v) is 5.60. The minimum absolute atomic E-state index is 0.0145. The molecule has 2 aromatic carbocycles. The molecule has 1 aliphatic rings. The summed E-state index contributed by atoms with van der Waals surface area (Å²) in [7, 11) is 0. The van der Waals surface area contributed by atoms with Crippen LogP contribution in [0.25, 0.3) is 16.6 Å². The summed E-state index contributed by atoms with van der Waals surface area (Å²) in [5, 5.41) is -0.483. The highest BCUT2D eigenvalue weighted by atomic mass is 19.4.